The molecule has 1 N–H and O–H groups in total. The lowest BCUT2D eigenvalue weighted by Gasteiger charge is -2.32. The van der Waals surface area contributed by atoms with E-state index in [-0.39, 0.29) is 11.8 Å². The summed E-state index contributed by atoms with van der Waals surface area (Å²) in [6.45, 7) is 13.4. The highest BCUT2D eigenvalue weighted by atomic mass is 16.2. The van der Waals surface area contributed by atoms with Gasteiger partial charge in [-0.25, -0.2) is 0 Å². The molecule has 6 nitrogen and oxygen atoms in total. The minimum atomic E-state index is 0.140. The Morgan fingerprint density at radius 2 is 1.75 bits per heavy atom. The topological polar surface area (TPSA) is 55.9 Å². The molecule has 2 aliphatic heterocycles. The van der Waals surface area contributed by atoms with Gasteiger partial charge < -0.3 is 20.0 Å². The van der Waals surface area contributed by atoms with Gasteiger partial charge in [0.05, 0.1) is 0 Å². The van der Waals surface area contributed by atoms with E-state index in [1.807, 2.05) is 18.7 Å². The molecule has 0 bridgehead atoms. The molecule has 6 heteroatoms. The van der Waals surface area contributed by atoms with E-state index in [9.17, 15) is 9.59 Å². The van der Waals surface area contributed by atoms with E-state index in [0.29, 0.717) is 18.9 Å². The molecule has 140 valence electrons. The maximum absolute atomic E-state index is 11.9. The summed E-state index contributed by atoms with van der Waals surface area (Å²) in [5, 5.41) is 3.03. The number of nitrogens with one attached hydrogen (secondary N) is 1. The van der Waals surface area contributed by atoms with E-state index in [1.165, 1.54) is 0 Å². The van der Waals surface area contributed by atoms with Gasteiger partial charge in [0.1, 0.15) is 0 Å². The van der Waals surface area contributed by atoms with E-state index >= 15 is 0 Å². The zero-order chi connectivity index (χ0) is 17.9. The van der Waals surface area contributed by atoms with Gasteiger partial charge in [-0.3, -0.25) is 9.59 Å². The van der Waals surface area contributed by atoms with Crippen LogP contribution in [-0.4, -0.2) is 85.9 Å². The normalized spacial score (nSPS) is 22.0. The second-order valence-electron chi connectivity index (χ2n) is 6.67. The van der Waals surface area contributed by atoms with Crippen LogP contribution in [0, 0.1) is 5.92 Å². The molecular weight excluding hydrogens is 304 g/mol. The first-order valence-corrected chi connectivity index (χ1v) is 9.47. The molecule has 0 aliphatic carbocycles. The molecule has 24 heavy (non-hydrogen) atoms. The number of piperazine rings is 1. The zero-order valence-corrected chi connectivity index (χ0v) is 16.0. The lowest BCUT2D eigenvalue weighted by atomic mass is 10.1. The number of hydrogen-bond acceptors (Lipinski definition) is 4. The molecule has 2 aliphatic rings. The first-order chi connectivity index (χ1) is 11.5. The van der Waals surface area contributed by atoms with Crippen molar-refractivity contribution in [3.8, 4) is 0 Å². The first kappa shape index (κ1) is 20.9. The number of carbonyl (C=O) groups is 2. The van der Waals surface area contributed by atoms with Crippen molar-refractivity contribution in [2.24, 2.45) is 5.92 Å². The van der Waals surface area contributed by atoms with Gasteiger partial charge >= 0.3 is 0 Å². The first-order valence-electron chi connectivity index (χ1n) is 9.47. The third kappa shape index (κ3) is 7.62. The van der Waals surface area contributed by atoms with Crippen molar-refractivity contribution in [3.63, 3.8) is 0 Å². The van der Waals surface area contributed by atoms with Crippen molar-refractivity contribution in [1.82, 2.24) is 20.0 Å². The Morgan fingerprint density at radius 3 is 2.33 bits per heavy atom. The number of nitrogens with zero attached hydrogens (tertiary/aromatic N) is 3. The third-order valence-electron chi connectivity index (χ3n) is 4.79. The Morgan fingerprint density at radius 1 is 1.08 bits per heavy atom. The lowest BCUT2D eigenvalue weighted by Crippen LogP contribution is -2.44. The Bertz CT molecular complexity index is 381. The highest BCUT2D eigenvalue weighted by Gasteiger charge is 2.24. The van der Waals surface area contributed by atoms with Crippen molar-refractivity contribution in [2.45, 2.75) is 40.0 Å². The summed E-state index contributed by atoms with van der Waals surface area (Å²) in [5.74, 6) is 0.710. The maximum Gasteiger partial charge on any atom is 0.220 e. The zero-order valence-electron chi connectivity index (χ0n) is 16.0. The fourth-order valence-corrected chi connectivity index (χ4v) is 3.17. The van der Waals surface area contributed by atoms with Crippen LogP contribution in [0.25, 0.3) is 0 Å². The fourth-order valence-electron chi connectivity index (χ4n) is 3.17. The summed E-state index contributed by atoms with van der Waals surface area (Å²) < 4.78 is 0. The number of likely N-dealkylation sites (N-methyl/N-ethyl adjacent to an activating group) is 1. The molecule has 1 unspecified atom stereocenters. The largest absolute Gasteiger partial charge is 0.356 e. The Labute approximate surface area is 147 Å². The predicted molar refractivity (Wildman–Crippen MR) is 97.9 cm³/mol. The average Bonchev–Trinajstić information content (AvgIpc) is 3.06. The molecule has 2 heterocycles. The number of rotatable bonds is 6. The van der Waals surface area contributed by atoms with Gasteiger partial charge in [0.25, 0.3) is 0 Å². The summed E-state index contributed by atoms with van der Waals surface area (Å²) in [6, 6.07) is 0. The Hall–Kier alpha value is -1.14. The summed E-state index contributed by atoms with van der Waals surface area (Å²) in [6.07, 6.45) is 2.54. The number of likely N-dealkylation sites (tertiary alicyclic amines) is 1. The number of hydrogen-bond donors (Lipinski definition) is 1. The third-order valence-corrected chi connectivity index (χ3v) is 4.79. The van der Waals surface area contributed by atoms with Crippen molar-refractivity contribution < 1.29 is 9.59 Å². The Kier molecular flexibility index (Phi) is 9.95. The number of amides is 2. The molecule has 2 fully saturated rings. The molecule has 0 aromatic heterocycles. The van der Waals surface area contributed by atoms with Gasteiger partial charge in [-0.1, -0.05) is 13.8 Å². The highest BCUT2D eigenvalue weighted by Crippen LogP contribution is 2.15. The van der Waals surface area contributed by atoms with E-state index < -0.39 is 0 Å². The van der Waals surface area contributed by atoms with Gasteiger partial charge in [-0.2, -0.15) is 0 Å². The van der Waals surface area contributed by atoms with Crippen molar-refractivity contribution in [1.29, 1.82) is 0 Å². The standard InChI is InChI=1S/C16H30N4O2.C2H6/c1-14(21)20-7-5-15(13-20)12-17-16(22)4-3-6-19-10-8-18(2)9-11-19;1-2/h15H,3-13H2,1-2H3,(H,17,22);1-2H3. The quantitative estimate of drug-likeness (QED) is 0.784. The minimum absolute atomic E-state index is 0.140. The molecule has 1 atom stereocenters. The van der Waals surface area contributed by atoms with Crippen LogP contribution in [0.3, 0.4) is 0 Å². The van der Waals surface area contributed by atoms with Crippen LogP contribution >= 0.6 is 0 Å². The van der Waals surface area contributed by atoms with E-state index in [2.05, 4.69) is 22.2 Å². The van der Waals surface area contributed by atoms with Gasteiger partial charge in [0.2, 0.25) is 11.8 Å². The molecular formula is C18H36N4O2. The van der Waals surface area contributed by atoms with Crippen molar-refractivity contribution >= 4 is 11.8 Å². The van der Waals surface area contributed by atoms with E-state index in [4.69, 9.17) is 0 Å². The maximum atomic E-state index is 11.9. The number of carbonyl (C=O) groups excluding carboxylic acids is 2. The molecule has 2 amide bonds. The fraction of sp³-hybridized carbons (Fsp3) is 0.889. The highest BCUT2D eigenvalue weighted by molar-refractivity contribution is 5.76. The average molecular weight is 341 g/mol. The lowest BCUT2D eigenvalue weighted by molar-refractivity contribution is -0.127. The summed E-state index contributed by atoms with van der Waals surface area (Å²) in [5.41, 5.74) is 0. The Balaban J connectivity index is 0.00000139. The molecule has 0 aromatic carbocycles. The van der Waals surface area contributed by atoms with Crippen LogP contribution in [0.2, 0.25) is 0 Å². The van der Waals surface area contributed by atoms with Crippen LogP contribution in [-0.2, 0) is 9.59 Å². The van der Waals surface area contributed by atoms with E-state index in [1.54, 1.807) is 6.92 Å². The summed E-state index contributed by atoms with van der Waals surface area (Å²) in [7, 11) is 2.15. The van der Waals surface area contributed by atoms with Crippen LogP contribution in [0.1, 0.15) is 40.0 Å². The summed E-state index contributed by atoms with van der Waals surface area (Å²) in [4.78, 5) is 29.8. The second-order valence-corrected chi connectivity index (χ2v) is 6.67. The van der Waals surface area contributed by atoms with Gasteiger partial charge in [0.15, 0.2) is 0 Å². The van der Waals surface area contributed by atoms with Crippen molar-refractivity contribution in [3.05, 3.63) is 0 Å². The predicted octanol–water partition coefficient (Wildman–Crippen LogP) is 1.02. The molecule has 2 rings (SSSR count). The SMILES string of the molecule is CC.CC(=O)N1CCC(CNC(=O)CCCN2CCN(C)CC2)C1. The summed E-state index contributed by atoms with van der Waals surface area (Å²) >= 11 is 0. The van der Waals surface area contributed by atoms with Crippen LogP contribution < -0.4 is 5.32 Å². The van der Waals surface area contributed by atoms with Gasteiger partial charge in [0, 0.05) is 59.2 Å². The van der Waals surface area contributed by atoms with Crippen LogP contribution in [0.4, 0.5) is 0 Å². The van der Waals surface area contributed by atoms with Crippen LogP contribution in [0.15, 0.2) is 0 Å². The molecule has 2 saturated heterocycles. The van der Waals surface area contributed by atoms with E-state index in [0.717, 1.165) is 58.7 Å². The monoisotopic (exact) mass is 340 g/mol. The molecule has 0 saturated carbocycles. The second kappa shape index (κ2) is 11.4. The van der Waals surface area contributed by atoms with Crippen molar-refractivity contribution in [2.75, 3.05) is 59.4 Å². The smallest absolute Gasteiger partial charge is 0.220 e. The minimum Gasteiger partial charge on any atom is -0.356 e. The molecule has 0 aromatic rings. The molecule has 0 spiro atoms. The molecule has 0 radical (unpaired) electrons. The van der Waals surface area contributed by atoms with Gasteiger partial charge in [-0.15, -0.1) is 0 Å². The van der Waals surface area contributed by atoms with Gasteiger partial charge in [-0.05, 0) is 32.4 Å². The van der Waals surface area contributed by atoms with Crippen LogP contribution in [0.5, 0.6) is 0 Å².